The molecule has 0 bridgehead atoms. The van der Waals surface area contributed by atoms with Crippen LogP contribution in [0.25, 0.3) is 0 Å². The molecule has 42 valence electrons. The number of carbonyl (C=O) groups excluding carboxylic acids is 1. The van der Waals surface area contributed by atoms with Crippen LogP contribution in [0.4, 0.5) is 0 Å². The Morgan fingerprint density at radius 1 is 1.88 bits per heavy atom. The number of nitrogens with zero attached hydrogens (tertiary/aromatic N) is 1. The van der Waals surface area contributed by atoms with E-state index >= 15 is 0 Å². The molecule has 0 amide bonds. The molecule has 8 heavy (non-hydrogen) atoms. The van der Waals surface area contributed by atoms with Crippen molar-refractivity contribution in [2.24, 2.45) is 0 Å². The molecule has 0 spiro atoms. The van der Waals surface area contributed by atoms with Crippen molar-refractivity contribution in [3.05, 3.63) is 12.3 Å². The maximum absolute atomic E-state index is 9.94. The first-order chi connectivity index (χ1) is 3.77. The van der Waals surface area contributed by atoms with Gasteiger partial charge in [0.05, 0.1) is 12.1 Å². The minimum atomic E-state index is -0.420. The molecular formula is C5H5NO2. The van der Waals surface area contributed by atoms with Crippen LogP contribution in [0.2, 0.25) is 0 Å². The number of hydrogen-bond acceptors (Lipinski definition) is 3. The summed E-state index contributed by atoms with van der Waals surface area (Å²) in [5, 5.41) is 7.85. The monoisotopic (exact) mass is 111 g/mol. The third-order valence-corrected chi connectivity index (χ3v) is 0.377. The van der Waals surface area contributed by atoms with Gasteiger partial charge in [0.25, 0.3) is 0 Å². The third-order valence-electron chi connectivity index (χ3n) is 0.377. The molecule has 0 fully saturated rings. The minimum Gasteiger partial charge on any atom is -0.434 e. The van der Waals surface area contributed by atoms with Gasteiger partial charge >= 0.3 is 5.97 Å². The SMILES string of the molecule is CC(=O)O/C=C/C#N. The molecule has 0 unspecified atom stereocenters. The number of hydrogen-bond donors (Lipinski definition) is 0. The Labute approximate surface area is 47.2 Å². The summed E-state index contributed by atoms with van der Waals surface area (Å²) in [6, 6.07) is 1.67. The summed E-state index contributed by atoms with van der Waals surface area (Å²) in [7, 11) is 0. The van der Waals surface area contributed by atoms with Crippen molar-refractivity contribution in [1.82, 2.24) is 0 Å². The molecule has 0 aromatic carbocycles. The molecule has 0 aliphatic rings. The second-order valence-electron chi connectivity index (χ2n) is 1.04. The Bertz CT molecular complexity index is 143. The number of nitriles is 1. The molecular weight excluding hydrogens is 106 g/mol. The van der Waals surface area contributed by atoms with Crippen molar-refractivity contribution >= 4 is 5.97 Å². The number of esters is 1. The van der Waals surface area contributed by atoms with E-state index in [0.29, 0.717) is 0 Å². The summed E-state index contributed by atoms with van der Waals surface area (Å²) in [5.41, 5.74) is 0. The lowest BCUT2D eigenvalue weighted by Gasteiger charge is -1.84. The summed E-state index contributed by atoms with van der Waals surface area (Å²) in [6.07, 6.45) is 2.13. The predicted octanol–water partition coefficient (Wildman–Crippen LogP) is 0.587. The smallest absolute Gasteiger partial charge is 0.307 e. The van der Waals surface area contributed by atoms with Crippen LogP contribution < -0.4 is 0 Å². The van der Waals surface area contributed by atoms with Crippen molar-refractivity contribution in [2.45, 2.75) is 6.92 Å². The van der Waals surface area contributed by atoms with Gasteiger partial charge in [0, 0.05) is 6.92 Å². The molecule has 0 saturated heterocycles. The minimum absolute atomic E-state index is 0.420. The van der Waals surface area contributed by atoms with Gasteiger partial charge in [0.2, 0.25) is 0 Å². The summed E-state index contributed by atoms with van der Waals surface area (Å²) in [5.74, 6) is -0.420. The highest BCUT2D eigenvalue weighted by Crippen LogP contribution is 1.75. The van der Waals surface area contributed by atoms with Crippen LogP contribution in [0.1, 0.15) is 6.92 Å². The van der Waals surface area contributed by atoms with E-state index in [1.165, 1.54) is 6.92 Å². The van der Waals surface area contributed by atoms with E-state index in [0.717, 1.165) is 12.3 Å². The zero-order chi connectivity index (χ0) is 6.41. The lowest BCUT2D eigenvalue weighted by molar-refractivity contribution is -0.135. The zero-order valence-corrected chi connectivity index (χ0v) is 4.42. The van der Waals surface area contributed by atoms with Crippen molar-refractivity contribution in [3.8, 4) is 6.07 Å². The summed E-state index contributed by atoms with van der Waals surface area (Å²) < 4.78 is 4.24. The lowest BCUT2D eigenvalue weighted by Crippen LogP contribution is -1.88. The molecule has 0 aliphatic heterocycles. The maximum Gasteiger partial charge on any atom is 0.307 e. The van der Waals surface area contributed by atoms with Gasteiger partial charge in [0.15, 0.2) is 0 Å². The zero-order valence-electron chi connectivity index (χ0n) is 4.42. The van der Waals surface area contributed by atoms with Crippen LogP contribution in [0, 0.1) is 11.3 Å². The van der Waals surface area contributed by atoms with E-state index in [2.05, 4.69) is 4.74 Å². The lowest BCUT2D eigenvalue weighted by atomic mass is 10.7. The van der Waals surface area contributed by atoms with E-state index in [-0.39, 0.29) is 0 Å². The fourth-order valence-electron chi connectivity index (χ4n) is 0.160. The largest absolute Gasteiger partial charge is 0.434 e. The third kappa shape index (κ3) is 4.70. The quantitative estimate of drug-likeness (QED) is 0.282. The second kappa shape index (κ2) is 3.88. The first kappa shape index (κ1) is 6.70. The molecule has 0 aliphatic carbocycles. The summed E-state index contributed by atoms with van der Waals surface area (Å²) >= 11 is 0. The van der Waals surface area contributed by atoms with Crippen LogP contribution in [-0.2, 0) is 9.53 Å². The maximum atomic E-state index is 9.94. The van der Waals surface area contributed by atoms with E-state index in [1.807, 2.05) is 0 Å². The van der Waals surface area contributed by atoms with Gasteiger partial charge in [-0.25, -0.2) is 0 Å². The highest BCUT2D eigenvalue weighted by Gasteiger charge is 1.81. The number of rotatable bonds is 1. The molecule has 0 atom stereocenters. The molecule has 0 aromatic heterocycles. The Morgan fingerprint density at radius 3 is 2.88 bits per heavy atom. The molecule has 0 rings (SSSR count). The van der Waals surface area contributed by atoms with Gasteiger partial charge < -0.3 is 4.74 Å². The molecule has 0 N–H and O–H groups in total. The van der Waals surface area contributed by atoms with E-state index in [4.69, 9.17) is 5.26 Å². The van der Waals surface area contributed by atoms with Gasteiger partial charge in [0.1, 0.15) is 6.26 Å². The first-order valence-corrected chi connectivity index (χ1v) is 1.99. The van der Waals surface area contributed by atoms with E-state index in [1.54, 1.807) is 6.07 Å². The summed E-state index contributed by atoms with van der Waals surface area (Å²) in [4.78, 5) is 9.94. The fourth-order valence-corrected chi connectivity index (χ4v) is 0.160. The topological polar surface area (TPSA) is 50.1 Å². The van der Waals surface area contributed by atoms with Gasteiger partial charge in [-0.3, -0.25) is 4.79 Å². The van der Waals surface area contributed by atoms with E-state index in [9.17, 15) is 4.79 Å². The Morgan fingerprint density at radius 2 is 2.50 bits per heavy atom. The number of allylic oxidation sites excluding steroid dienone is 1. The van der Waals surface area contributed by atoms with Crippen LogP contribution in [-0.4, -0.2) is 5.97 Å². The van der Waals surface area contributed by atoms with Gasteiger partial charge in [-0.15, -0.1) is 0 Å². The van der Waals surface area contributed by atoms with Crippen molar-refractivity contribution in [3.63, 3.8) is 0 Å². The van der Waals surface area contributed by atoms with Crippen molar-refractivity contribution in [1.29, 1.82) is 5.26 Å². The van der Waals surface area contributed by atoms with Gasteiger partial charge in [-0.1, -0.05) is 0 Å². The second-order valence-corrected chi connectivity index (χ2v) is 1.04. The highest BCUT2D eigenvalue weighted by molar-refractivity contribution is 5.66. The summed E-state index contributed by atoms with van der Waals surface area (Å²) in [6.45, 7) is 1.27. The fraction of sp³-hybridized carbons (Fsp3) is 0.200. The predicted molar refractivity (Wildman–Crippen MR) is 26.5 cm³/mol. The highest BCUT2D eigenvalue weighted by atomic mass is 16.5. The number of carbonyl (C=O) groups is 1. The van der Waals surface area contributed by atoms with Gasteiger partial charge in [-0.05, 0) is 0 Å². The normalized spacial score (nSPS) is 8.50. The van der Waals surface area contributed by atoms with Crippen LogP contribution in [0.5, 0.6) is 0 Å². The Kier molecular flexibility index (Phi) is 3.25. The molecule has 3 nitrogen and oxygen atoms in total. The average molecular weight is 111 g/mol. The molecule has 3 heteroatoms. The Hall–Kier alpha value is -1.30. The first-order valence-electron chi connectivity index (χ1n) is 1.99. The van der Waals surface area contributed by atoms with Crippen molar-refractivity contribution in [2.75, 3.05) is 0 Å². The van der Waals surface area contributed by atoms with Crippen LogP contribution >= 0.6 is 0 Å². The van der Waals surface area contributed by atoms with Crippen LogP contribution in [0.15, 0.2) is 12.3 Å². The Balaban J connectivity index is 3.34. The molecule has 0 aromatic rings. The van der Waals surface area contributed by atoms with E-state index < -0.39 is 5.97 Å². The molecule has 0 heterocycles. The molecule has 0 saturated carbocycles. The average Bonchev–Trinajstić information content (AvgIpc) is 1.66. The number of ether oxygens (including phenoxy) is 1. The standard InChI is InChI=1S/C5H5NO2/c1-5(7)8-4-2-3-6/h2,4H,1H3/b4-2+. The molecule has 0 radical (unpaired) electrons. The van der Waals surface area contributed by atoms with Crippen LogP contribution in [0.3, 0.4) is 0 Å². The van der Waals surface area contributed by atoms with Crippen molar-refractivity contribution < 1.29 is 9.53 Å². The van der Waals surface area contributed by atoms with Gasteiger partial charge in [-0.2, -0.15) is 5.26 Å².